The molecule has 0 amide bonds. The molecule has 2 aliphatic rings. The summed E-state index contributed by atoms with van der Waals surface area (Å²) in [4.78, 5) is 50.5. The summed E-state index contributed by atoms with van der Waals surface area (Å²) < 4.78 is 52.7. The van der Waals surface area contributed by atoms with Gasteiger partial charge in [0.15, 0.2) is 12.5 Å². The van der Waals surface area contributed by atoms with Gasteiger partial charge in [-0.2, -0.15) is 0 Å². The van der Waals surface area contributed by atoms with E-state index in [0.717, 1.165) is 29.0 Å². The van der Waals surface area contributed by atoms with Crippen LogP contribution in [0.2, 0.25) is 0 Å². The van der Waals surface area contributed by atoms with Crippen molar-refractivity contribution in [3.63, 3.8) is 0 Å². The van der Waals surface area contributed by atoms with E-state index < -0.39 is 70.3 Å². The highest BCUT2D eigenvalue weighted by Gasteiger charge is 2.54. The van der Waals surface area contributed by atoms with Crippen LogP contribution in [-0.2, 0) is 38.6 Å². The fraction of sp³-hybridized carbons (Fsp3) is 0.565. The van der Waals surface area contributed by atoms with Gasteiger partial charge in [0, 0.05) is 24.8 Å². The van der Waals surface area contributed by atoms with Gasteiger partial charge < -0.3 is 33.1 Å². The van der Waals surface area contributed by atoms with Gasteiger partial charge in [-0.3, -0.25) is 23.2 Å². The minimum Gasteiger partial charge on any atom is -0.778 e. The second-order valence-corrected chi connectivity index (χ2v) is 12.6. The number of ether oxygens (including phenoxy) is 3. The molecule has 2 saturated heterocycles. The summed E-state index contributed by atoms with van der Waals surface area (Å²) in [7, 11) is -9.94. The first-order valence-corrected chi connectivity index (χ1v) is 15.5. The number of aromatic nitrogens is 2. The molecule has 210 valence electrons. The molecule has 2 fully saturated rings. The van der Waals surface area contributed by atoms with E-state index in [0.29, 0.717) is 12.8 Å². The van der Waals surface area contributed by atoms with Gasteiger partial charge in [-0.25, -0.2) is 4.79 Å². The van der Waals surface area contributed by atoms with Gasteiger partial charge in [0.1, 0.15) is 25.9 Å². The number of hydrogen-bond donors (Lipinski definition) is 1. The Morgan fingerprint density at radius 3 is 2.45 bits per heavy atom. The molecule has 3 heterocycles. The molecule has 2 aliphatic heterocycles. The lowest BCUT2D eigenvalue weighted by Gasteiger charge is -2.32. The average Bonchev–Trinajstić information content (AvgIpc) is 3.40. The van der Waals surface area contributed by atoms with Crippen LogP contribution in [0.4, 0.5) is 0 Å². The Kier molecular flexibility index (Phi) is 9.57. The van der Waals surface area contributed by atoms with E-state index in [1.54, 1.807) is 0 Å². The lowest BCUT2D eigenvalue weighted by Crippen LogP contribution is -2.36. The van der Waals surface area contributed by atoms with E-state index in [2.05, 4.69) is 9.29 Å². The summed E-state index contributed by atoms with van der Waals surface area (Å²) in [6.07, 6.45) is -0.805. The molecule has 0 spiro atoms. The number of fused-ring (bicyclic) bond motifs is 1. The maximum absolute atomic E-state index is 12.4. The van der Waals surface area contributed by atoms with Crippen molar-refractivity contribution < 1.29 is 42.0 Å². The molecule has 0 radical (unpaired) electrons. The molecule has 1 aromatic heterocycles. The van der Waals surface area contributed by atoms with Gasteiger partial charge in [0.05, 0.1) is 6.61 Å². The fourth-order valence-corrected chi connectivity index (χ4v) is 7.08. The highest BCUT2D eigenvalue weighted by Crippen LogP contribution is 2.55. The lowest BCUT2D eigenvalue weighted by molar-refractivity contribution is -0.234. The summed E-state index contributed by atoms with van der Waals surface area (Å²) >= 11 is 0. The van der Waals surface area contributed by atoms with E-state index >= 15 is 0 Å². The summed E-state index contributed by atoms with van der Waals surface area (Å²) in [5, 5.41) is 0. The Balaban J connectivity index is 1.45. The van der Waals surface area contributed by atoms with Gasteiger partial charge >= 0.3 is 5.69 Å². The number of rotatable bonds is 13. The first-order chi connectivity index (χ1) is 18.1. The first-order valence-electron chi connectivity index (χ1n) is 12.4. The van der Waals surface area contributed by atoms with Crippen molar-refractivity contribution in [1.29, 1.82) is 0 Å². The van der Waals surface area contributed by atoms with Crippen LogP contribution in [0.25, 0.3) is 0 Å². The molecule has 4 rings (SSSR count). The number of phosphoric acid groups is 1. The quantitative estimate of drug-likeness (QED) is 0.271. The molecule has 38 heavy (non-hydrogen) atoms. The van der Waals surface area contributed by atoms with E-state index in [-0.39, 0.29) is 6.42 Å². The Morgan fingerprint density at radius 1 is 1.00 bits per heavy atom. The summed E-state index contributed by atoms with van der Waals surface area (Å²) in [5.41, 5.74) is -0.440. The molecule has 2 aromatic rings. The standard InChI is InChI=1S/C23H32N2O11P2/c1-2-3-4-8-13-37(28,29)36-38(30,31)32-15-17-20-21(22(33-17)25-12-11-18(26)24-23(25)27)35-19(34-20)14-16-9-6-5-7-10-16/h5-7,9-12,17,19-22H,2-4,8,13-15H2,1H3,(H,28,29)(H,30,31)(H,24,26,27)/p-2/t17-,19?,20+,21?,22-/m1/s1. The first kappa shape index (κ1) is 29.1. The van der Waals surface area contributed by atoms with Crippen molar-refractivity contribution >= 4 is 15.4 Å². The van der Waals surface area contributed by atoms with Crippen LogP contribution in [0.5, 0.6) is 0 Å². The number of benzene rings is 1. The summed E-state index contributed by atoms with van der Waals surface area (Å²) in [5.74, 6) is 0. The Labute approximate surface area is 218 Å². The largest absolute Gasteiger partial charge is 0.778 e. The monoisotopic (exact) mass is 572 g/mol. The number of nitrogens with one attached hydrogen (secondary N) is 1. The molecule has 15 heteroatoms. The van der Waals surface area contributed by atoms with Gasteiger partial charge in [-0.05, 0) is 12.0 Å². The van der Waals surface area contributed by atoms with E-state index in [1.807, 2.05) is 37.3 Å². The third-order valence-corrected chi connectivity index (χ3v) is 9.31. The Bertz CT molecular complexity index is 1280. The molecule has 0 bridgehead atoms. The second kappa shape index (κ2) is 12.5. The predicted octanol–water partition coefficient (Wildman–Crippen LogP) is 1.42. The summed E-state index contributed by atoms with van der Waals surface area (Å²) in [6, 6.07) is 10.5. The third kappa shape index (κ3) is 7.59. The van der Waals surface area contributed by atoms with Crippen LogP contribution in [0.3, 0.4) is 0 Å². The third-order valence-electron chi connectivity index (χ3n) is 6.18. The average molecular weight is 572 g/mol. The van der Waals surface area contributed by atoms with E-state index in [9.17, 15) is 28.5 Å². The minimum atomic E-state index is -5.25. The topological polar surface area (TPSA) is 181 Å². The fourth-order valence-electron chi connectivity index (χ4n) is 4.40. The van der Waals surface area contributed by atoms with Gasteiger partial charge in [0.2, 0.25) is 0 Å². The van der Waals surface area contributed by atoms with Crippen molar-refractivity contribution in [3.05, 3.63) is 69.0 Å². The Hall–Kier alpha value is -1.92. The molecule has 0 saturated carbocycles. The molecule has 1 aromatic carbocycles. The molecule has 7 atom stereocenters. The zero-order valence-corrected chi connectivity index (χ0v) is 22.5. The molecular weight excluding hydrogens is 542 g/mol. The van der Waals surface area contributed by atoms with Crippen molar-refractivity contribution in [2.45, 2.75) is 69.9 Å². The van der Waals surface area contributed by atoms with Crippen LogP contribution in [0, 0.1) is 0 Å². The van der Waals surface area contributed by atoms with Crippen molar-refractivity contribution in [3.8, 4) is 0 Å². The molecule has 1 N–H and O–H groups in total. The Morgan fingerprint density at radius 2 is 1.74 bits per heavy atom. The van der Waals surface area contributed by atoms with E-state index in [4.69, 9.17) is 18.7 Å². The molecule has 13 nitrogen and oxygen atoms in total. The number of hydrogen-bond acceptors (Lipinski definition) is 11. The maximum atomic E-state index is 12.4. The minimum absolute atomic E-state index is 0.272. The van der Waals surface area contributed by atoms with Crippen LogP contribution in [0.1, 0.15) is 44.4 Å². The molecule has 4 unspecified atom stereocenters. The lowest BCUT2D eigenvalue weighted by atomic mass is 10.1. The van der Waals surface area contributed by atoms with Crippen LogP contribution >= 0.6 is 15.4 Å². The highest BCUT2D eigenvalue weighted by molar-refractivity contribution is 7.62. The normalized spacial score (nSPS) is 28.0. The van der Waals surface area contributed by atoms with Gasteiger partial charge in [-0.15, -0.1) is 0 Å². The van der Waals surface area contributed by atoms with E-state index in [1.165, 1.54) is 6.20 Å². The second-order valence-electron chi connectivity index (χ2n) is 9.12. The molecular formula is C23H30N2O11P2-2. The number of H-pyrrole nitrogens is 1. The van der Waals surface area contributed by atoms with Gasteiger partial charge in [-0.1, -0.05) is 56.5 Å². The number of phosphoric ester groups is 1. The predicted molar refractivity (Wildman–Crippen MR) is 130 cm³/mol. The van der Waals surface area contributed by atoms with Crippen molar-refractivity contribution in [1.82, 2.24) is 9.55 Å². The molecule has 0 aliphatic carbocycles. The number of nitrogens with zero attached hydrogens (tertiary/aromatic N) is 1. The zero-order valence-electron chi connectivity index (χ0n) is 20.7. The van der Waals surface area contributed by atoms with Crippen LogP contribution in [0.15, 0.2) is 52.2 Å². The van der Waals surface area contributed by atoms with Crippen molar-refractivity contribution in [2.75, 3.05) is 12.8 Å². The smallest absolute Gasteiger partial charge is 0.330 e. The van der Waals surface area contributed by atoms with Crippen LogP contribution in [-0.4, -0.2) is 46.9 Å². The maximum Gasteiger partial charge on any atom is 0.330 e. The van der Waals surface area contributed by atoms with Gasteiger partial charge in [0.25, 0.3) is 13.4 Å². The number of unbranched alkanes of at least 4 members (excludes halogenated alkanes) is 3. The number of aromatic amines is 1. The zero-order chi connectivity index (χ0) is 27.3. The van der Waals surface area contributed by atoms with Crippen molar-refractivity contribution in [2.24, 2.45) is 0 Å². The SMILES string of the molecule is CCCCCCP(=O)([O-])OP(=O)([O-])OC[C@H]1O[C@@H](n2ccc(=O)[nH]c2=O)C2OC(Cc3ccccc3)O[C@H]21. The highest BCUT2D eigenvalue weighted by atomic mass is 31.3. The van der Waals surface area contributed by atoms with Crippen LogP contribution < -0.4 is 21.0 Å². The summed E-state index contributed by atoms with van der Waals surface area (Å²) in [6.45, 7) is 1.32.